The Morgan fingerprint density at radius 2 is 1.58 bits per heavy atom. The lowest BCUT2D eigenvalue weighted by molar-refractivity contribution is -0.129. The molecular formula is C20H18N2O2. The number of benzene rings is 1. The van der Waals surface area contributed by atoms with E-state index < -0.39 is 0 Å². The molecule has 24 heavy (non-hydrogen) atoms. The molecule has 4 heteroatoms. The first-order chi connectivity index (χ1) is 11.8. The van der Waals surface area contributed by atoms with Crippen LogP contribution in [0, 0.1) is 35.5 Å². The Kier molecular flexibility index (Phi) is 2.31. The lowest BCUT2D eigenvalue weighted by Gasteiger charge is -2.42. The summed E-state index contributed by atoms with van der Waals surface area (Å²) in [7, 11) is 0. The molecule has 1 aliphatic heterocycles. The molecule has 0 spiro atoms. The average molecular weight is 318 g/mol. The summed E-state index contributed by atoms with van der Waals surface area (Å²) in [5, 5.41) is 0.887. The highest BCUT2D eigenvalue weighted by atomic mass is 16.2. The van der Waals surface area contributed by atoms with Gasteiger partial charge in [0.1, 0.15) is 0 Å². The van der Waals surface area contributed by atoms with Gasteiger partial charge in [0.15, 0.2) is 0 Å². The summed E-state index contributed by atoms with van der Waals surface area (Å²) in [5.41, 5.74) is 1.55. The number of hydrogen-bond acceptors (Lipinski definition) is 3. The molecule has 0 radical (unpaired) electrons. The van der Waals surface area contributed by atoms with Crippen LogP contribution in [0.15, 0.2) is 36.5 Å². The van der Waals surface area contributed by atoms with E-state index in [4.69, 9.17) is 0 Å². The number of anilines is 1. The molecule has 5 aliphatic rings. The maximum atomic E-state index is 13.2. The van der Waals surface area contributed by atoms with Crippen LogP contribution in [0.2, 0.25) is 0 Å². The van der Waals surface area contributed by atoms with Crippen molar-refractivity contribution in [1.82, 2.24) is 4.98 Å². The van der Waals surface area contributed by atoms with E-state index in [1.165, 1.54) is 11.3 Å². The highest BCUT2D eigenvalue weighted by Crippen LogP contribution is 2.68. The normalized spacial score (nSPS) is 39.2. The largest absolute Gasteiger partial charge is 0.274 e. The molecule has 2 amide bonds. The summed E-state index contributed by atoms with van der Waals surface area (Å²) in [6, 6.07) is 9.52. The summed E-state index contributed by atoms with van der Waals surface area (Å²) in [6.45, 7) is 0. The summed E-state index contributed by atoms with van der Waals surface area (Å²) in [4.78, 5) is 32.3. The fourth-order valence-corrected chi connectivity index (χ4v) is 6.06. The molecule has 7 rings (SSSR count). The van der Waals surface area contributed by atoms with Crippen LogP contribution in [-0.2, 0) is 9.59 Å². The smallest absolute Gasteiger partial charge is 0.238 e. The second-order valence-corrected chi connectivity index (χ2v) is 7.88. The molecule has 2 bridgehead atoms. The lowest BCUT2D eigenvalue weighted by atomic mass is 9.59. The maximum Gasteiger partial charge on any atom is 0.238 e. The van der Waals surface area contributed by atoms with Crippen molar-refractivity contribution in [2.75, 3.05) is 4.90 Å². The van der Waals surface area contributed by atoms with Crippen LogP contribution in [0.3, 0.4) is 0 Å². The first-order valence-corrected chi connectivity index (χ1v) is 8.97. The van der Waals surface area contributed by atoms with Crippen molar-refractivity contribution in [2.45, 2.75) is 19.3 Å². The van der Waals surface area contributed by atoms with Crippen LogP contribution in [0.5, 0.6) is 0 Å². The van der Waals surface area contributed by atoms with Gasteiger partial charge in [0.25, 0.3) is 0 Å². The van der Waals surface area contributed by atoms with E-state index in [2.05, 4.69) is 4.98 Å². The number of carbonyl (C=O) groups is 2. The molecule has 1 aromatic carbocycles. The number of nitrogens with zero attached hydrogens (tertiary/aromatic N) is 2. The van der Waals surface area contributed by atoms with Crippen molar-refractivity contribution in [3.8, 4) is 0 Å². The van der Waals surface area contributed by atoms with E-state index in [-0.39, 0.29) is 23.7 Å². The Balaban J connectivity index is 1.51. The van der Waals surface area contributed by atoms with Gasteiger partial charge >= 0.3 is 0 Å². The minimum Gasteiger partial charge on any atom is -0.274 e. The fraction of sp³-hybridized carbons (Fsp3) is 0.450. The maximum absolute atomic E-state index is 13.2. The highest BCUT2D eigenvalue weighted by molar-refractivity contribution is 6.25. The van der Waals surface area contributed by atoms with Gasteiger partial charge in [0.05, 0.1) is 23.0 Å². The van der Waals surface area contributed by atoms with Crippen molar-refractivity contribution >= 4 is 28.4 Å². The van der Waals surface area contributed by atoms with Crippen molar-refractivity contribution < 1.29 is 9.59 Å². The second-order valence-electron chi connectivity index (χ2n) is 7.88. The number of imide groups is 1. The van der Waals surface area contributed by atoms with Crippen molar-refractivity contribution in [3.05, 3.63) is 36.5 Å². The van der Waals surface area contributed by atoms with Crippen LogP contribution in [0.25, 0.3) is 10.9 Å². The van der Waals surface area contributed by atoms with E-state index in [1.54, 1.807) is 6.20 Å². The van der Waals surface area contributed by atoms with Gasteiger partial charge in [-0.15, -0.1) is 0 Å². The van der Waals surface area contributed by atoms with Crippen molar-refractivity contribution in [3.63, 3.8) is 0 Å². The predicted molar refractivity (Wildman–Crippen MR) is 89.0 cm³/mol. The average Bonchev–Trinajstić information content (AvgIpc) is 3.39. The number of rotatable bonds is 1. The molecule has 0 N–H and O–H groups in total. The highest BCUT2D eigenvalue weighted by Gasteiger charge is 2.68. The molecule has 120 valence electrons. The topological polar surface area (TPSA) is 50.3 Å². The molecule has 4 nitrogen and oxygen atoms in total. The third kappa shape index (κ3) is 1.43. The molecular weight excluding hydrogens is 300 g/mol. The number of aromatic nitrogens is 1. The van der Waals surface area contributed by atoms with Gasteiger partial charge in [0.2, 0.25) is 11.8 Å². The fourth-order valence-electron chi connectivity index (χ4n) is 6.06. The van der Waals surface area contributed by atoms with Crippen molar-refractivity contribution in [2.24, 2.45) is 35.5 Å². The Morgan fingerprint density at radius 1 is 0.875 bits per heavy atom. The van der Waals surface area contributed by atoms with E-state index in [1.807, 2.05) is 30.3 Å². The standard InChI is InChI=1S/C20H18N2O2/c23-19-17-10-6-7-11(14-9-13(10)14)18(17)20(24)22(19)16-5-1-4-15-12(16)3-2-8-21-15/h1-5,8,10-11,13-14,17-18H,6-7,9H2/t10-,11+,13-,14+,17-,18?/m0/s1. The molecule has 6 atom stereocenters. The number of amides is 2. The Labute approximate surface area is 139 Å². The zero-order valence-corrected chi connectivity index (χ0v) is 13.3. The van der Waals surface area contributed by atoms with E-state index >= 15 is 0 Å². The SMILES string of the molecule is O=C1C2[C@@H](C(=O)N1c1cccc3ncccc13)[C@H]1CC[C@@H]2[C@H]2C[C@@H]12. The quantitative estimate of drug-likeness (QED) is 0.760. The van der Waals surface area contributed by atoms with Crippen LogP contribution >= 0.6 is 0 Å². The molecule has 2 heterocycles. The van der Waals surface area contributed by atoms with Crippen LogP contribution in [0.4, 0.5) is 5.69 Å². The molecule has 5 fully saturated rings. The van der Waals surface area contributed by atoms with Crippen LogP contribution in [0.1, 0.15) is 19.3 Å². The van der Waals surface area contributed by atoms with Crippen molar-refractivity contribution in [1.29, 1.82) is 0 Å². The van der Waals surface area contributed by atoms with Gasteiger partial charge < -0.3 is 0 Å². The first-order valence-electron chi connectivity index (χ1n) is 8.97. The molecule has 4 aliphatic carbocycles. The van der Waals surface area contributed by atoms with E-state index in [0.717, 1.165) is 41.3 Å². The monoisotopic (exact) mass is 318 g/mol. The molecule has 1 saturated heterocycles. The van der Waals surface area contributed by atoms with Gasteiger partial charge in [0, 0.05) is 11.6 Å². The summed E-state index contributed by atoms with van der Waals surface area (Å²) in [6.07, 6.45) is 5.27. The Hall–Kier alpha value is -2.23. The van der Waals surface area contributed by atoms with Gasteiger partial charge in [-0.05, 0) is 67.2 Å². The predicted octanol–water partition coefficient (Wildman–Crippen LogP) is 3.02. The summed E-state index contributed by atoms with van der Waals surface area (Å²) in [5.74, 6) is 2.28. The summed E-state index contributed by atoms with van der Waals surface area (Å²) < 4.78 is 0. The minimum atomic E-state index is -0.0630. The Bertz CT molecular complexity index is 868. The molecule has 4 saturated carbocycles. The number of fused-ring (bicyclic) bond motifs is 2. The number of hydrogen-bond donors (Lipinski definition) is 0. The van der Waals surface area contributed by atoms with Crippen LogP contribution in [-0.4, -0.2) is 16.8 Å². The third-order valence-corrected chi connectivity index (χ3v) is 7.01. The van der Waals surface area contributed by atoms with Gasteiger partial charge in [-0.2, -0.15) is 0 Å². The third-order valence-electron chi connectivity index (χ3n) is 7.01. The van der Waals surface area contributed by atoms with Gasteiger partial charge in [-0.1, -0.05) is 6.07 Å². The summed E-state index contributed by atoms with van der Waals surface area (Å²) >= 11 is 0. The van der Waals surface area contributed by atoms with E-state index in [9.17, 15) is 9.59 Å². The zero-order valence-electron chi connectivity index (χ0n) is 13.3. The zero-order chi connectivity index (χ0) is 16.0. The molecule has 2 aromatic rings. The second kappa shape index (κ2) is 4.24. The molecule has 1 aromatic heterocycles. The number of pyridine rings is 1. The minimum absolute atomic E-state index is 0.0430. The first kappa shape index (κ1) is 13.1. The van der Waals surface area contributed by atoms with E-state index in [0.29, 0.717) is 11.8 Å². The van der Waals surface area contributed by atoms with Crippen LogP contribution < -0.4 is 4.90 Å². The van der Waals surface area contributed by atoms with Gasteiger partial charge in [-0.3, -0.25) is 14.6 Å². The Morgan fingerprint density at radius 3 is 2.29 bits per heavy atom. The van der Waals surface area contributed by atoms with Gasteiger partial charge in [-0.25, -0.2) is 4.90 Å². The number of carbonyl (C=O) groups excluding carboxylic acids is 2. The lowest BCUT2D eigenvalue weighted by Crippen LogP contribution is -2.43. The molecule has 1 unspecified atom stereocenters.